The van der Waals surface area contributed by atoms with Crippen LogP contribution in [0.1, 0.15) is 50.4 Å². The molecule has 1 fully saturated rings. The second-order valence-electron chi connectivity index (χ2n) is 9.28. The van der Waals surface area contributed by atoms with Gasteiger partial charge >= 0.3 is 0 Å². The van der Waals surface area contributed by atoms with Crippen molar-refractivity contribution in [1.82, 2.24) is 4.90 Å². The fraction of sp³-hybridized carbons (Fsp3) is 0.429. The third kappa shape index (κ3) is 5.50. The van der Waals surface area contributed by atoms with Crippen molar-refractivity contribution in [3.63, 3.8) is 0 Å². The molecule has 1 aliphatic rings. The Hall–Kier alpha value is -3.12. The number of benzene rings is 2. The van der Waals surface area contributed by atoms with Gasteiger partial charge in [0.25, 0.3) is 5.91 Å². The van der Waals surface area contributed by atoms with Crippen molar-refractivity contribution in [3.8, 4) is 5.75 Å². The average Bonchev–Trinajstić information content (AvgIpc) is 3.08. The Balaban J connectivity index is 2.02. The van der Waals surface area contributed by atoms with Gasteiger partial charge in [0.15, 0.2) is 0 Å². The number of rotatable bonds is 10. The summed E-state index contributed by atoms with van der Waals surface area (Å²) in [6.07, 6.45) is 0. The number of nitrogens with zero attached hydrogens (tertiary/aromatic N) is 1. The van der Waals surface area contributed by atoms with Crippen LogP contribution in [-0.2, 0) is 9.59 Å². The third-order valence-electron chi connectivity index (χ3n) is 6.36. The molecule has 182 valence electrons. The number of likely N-dealkylation sites (N-methyl/N-ethyl adjacent to an activating group) is 1. The van der Waals surface area contributed by atoms with E-state index in [1.807, 2.05) is 37.3 Å². The van der Waals surface area contributed by atoms with E-state index >= 15 is 0 Å². The number of carbonyl (C=O) groups excluding carboxylic acids is 2. The number of quaternary nitrogens is 1. The average molecular weight is 465 g/mol. The summed E-state index contributed by atoms with van der Waals surface area (Å²) in [5, 5.41) is 13.6. The van der Waals surface area contributed by atoms with Crippen molar-refractivity contribution in [1.29, 1.82) is 0 Å². The van der Waals surface area contributed by atoms with E-state index in [9.17, 15) is 14.7 Å². The van der Waals surface area contributed by atoms with Gasteiger partial charge in [-0.25, -0.2) is 0 Å². The highest BCUT2D eigenvalue weighted by Crippen LogP contribution is 2.38. The fourth-order valence-electron chi connectivity index (χ4n) is 4.33. The maximum absolute atomic E-state index is 13.6. The minimum Gasteiger partial charge on any atom is -0.872 e. The summed E-state index contributed by atoms with van der Waals surface area (Å²) in [5.41, 5.74) is 2.01. The zero-order valence-electron chi connectivity index (χ0n) is 20.9. The summed E-state index contributed by atoms with van der Waals surface area (Å²) in [6, 6.07) is 13.9. The molecule has 34 heavy (non-hydrogen) atoms. The number of carbonyl (C=O) groups is 2. The summed E-state index contributed by atoms with van der Waals surface area (Å²) in [7, 11) is 0. The third-order valence-corrected chi connectivity index (χ3v) is 6.36. The highest BCUT2D eigenvalue weighted by atomic mass is 16.5. The van der Waals surface area contributed by atoms with Crippen molar-refractivity contribution >= 4 is 17.4 Å². The van der Waals surface area contributed by atoms with Crippen LogP contribution in [0.4, 0.5) is 0 Å². The number of amides is 1. The molecule has 6 heteroatoms. The van der Waals surface area contributed by atoms with Crippen LogP contribution in [0.2, 0.25) is 0 Å². The van der Waals surface area contributed by atoms with E-state index in [0.717, 1.165) is 30.8 Å². The SMILES string of the molecule is CC[NH+](CC)CCN1C(=O)C(=O)C(=C([O-])c2ccc(OCC(C)C)c(C)c2)C1c1ccccc1. The Bertz CT molecular complexity index is 1040. The lowest BCUT2D eigenvalue weighted by molar-refractivity contribution is -0.895. The maximum Gasteiger partial charge on any atom is 0.295 e. The van der Waals surface area contributed by atoms with Gasteiger partial charge in [-0.2, -0.15) is 0 Å². The van der Waals surface area contributed by atoms with Crippen LogP contribution >= 0.6 is 0 Å². The lowest BCUT2D eigenvalue weighted by atomic mass is 9.95. The van der Waals surface area contributed by atoms with Crippen molar-refractivity contribution in [2.24, 2.45) is 5.92 Å². The van der Waals surface area contributed by atoms with E-state index in [0.29, 0.717) is 30.4 Å². The summed E-state index contributed by atoms with van der Waals surface area (Å²) >= 11 is 0. The Labute approximate surface area is 202 Å². The fourth-order valence-corrected chi connectivity index (χ4v) is 4.33. The summed E-state index contributed by atoms with van der Waals surface area (Å²) in [6.45, 7) is 13.8. The molecule has 0 bridgehead atoms. The summed E-state index contributed by atoms with van der Waals surface area (Å²) < 4.78 is 5.83. The highest BCUT2D eigenvalue weighted by Gasteiger charge is 2.44. The first-order chi connectivity index (χ1) is 16.3. The van der Waals surface area contributed by atoms with Gasteiger partial charge in [-0.1, -0.05) is 56.0 Å². The standard InChI is InChI=1S/C28H36N2O4/c1-6-29(7-2)15-16-30-25(21-11-9-8-10-12-21)24(27(32)28(30)33)26(31)22-13-14-23(20(5)17-22)34-18-19(3)4/h8-14,17,19,25,31H,6-7,15-16,18H2,1-5H3. The van der Waals surface area contributed by atoms with Gasteiger partial charge in [-0.3, -0.25) is 9.59 Å². The van der Waals surface area contributed by atoms with Crippen molar-refractivity contribution in [3.05, 3.63) is 70.8 Å². The first kappa shape index (κ1) is 25.5. The van der Waals surface area contributed by atoms with Gasteiger partial charge in [0.05, 0.1) is 38.8 Å². The quantitative estimate of drug-likeness (QED) is 0.332. The number of ether oxygens (including phenoxy) is 1. The maximum atomic E-state index is 13.6. The molecule has 0 saturated carbocycles. The monoisotopic (exact) mass is 464 g/mol. The van der Waals surface area contributed by atoms with Crippen LogP contribution in [0.5, 0.6) is 5.75 Å². The van der Waals surface area contributed by atoms with E-state index in [-0.39, 0.29) is 5.57 Å². The lowest BCUT2D eigenvalue weighted by Gasteiger charge is -2.28. The molecule has 1 heterocycles. The Morgan fingerprint density at radius 3 is 2.35 bits per heavy atom. The second kappa shape index (κ2) is 11.3. The first-order valence-electron chi connectivity index (χ1n) is 12.2. The Morgan fingerprint density at radius 1 is 1.09 bits per heavy atom. The molecular weight excluding hydrogens is 428 g/mol. The lowest BCUT2D eigenvalue weighted by Crippen LogP contribution is -3.12. The summed E-state index contributed by atoms with van der Waals surface area (Å²) in [4.78, 5) is 29.1. The highest BCUT2D eigenvalue weighted by molar-refractivity contribution is 6.46. The van der Waals surface area contributed by atoms with Crippen LogP contribution in [0.15, 0.2) is 54.1 Å². The number of likely N-dealkylation sites (tertiary alicyclic amines) is 1. The van der Waals surface area contributed by atoms with Gasteiger partial charge < -0.3 is 19.6 Å². The molecule has 1 saturated heterocycles. The van der Waals surface area contributed by atoms with Crippen molar-refractivity contribution in [2.45, 2.75) is 40.7 Å². The Kier molecular flexibility index (Phi) is 8.51. The molecule has 2 aromatic carbocycles. The minimum atomic E-state index is -0.703. The van der Waals surface area contributed by atoms with Gasteiger partial charge in [-0.05, 0) is 55.5 Å². The van der Waals surface area contributed by atoms with Gasteiger partial charge in [0.2, 0.25) is 5.78 Å². The van der Waals surface area contributed by atoms with Crippen LogP contribution in [0.25, 0.3) is 5.76 Å². The van der Waals surface area contributed by atoms with E-state index in [1.165, 1.54) is 4.90 Å². The predicted molar refractivity (Wildman–Crippen MR) is 131 cm³/mol. The molecule has 1 N–H and O–H groups in total. The number of aryl methyl sites for hydroxylation is 1. The number of hydrogen-bond donors (Lipinski definition) is 1. The number of nitrogens with one attached hydrogen (secondary N) is 1. The first-order valence-corrected chi connectivity index (χ1v) is 12.2. The van der Waals surface area contributed by atoms with E-state index in [4.69, 9.17) is 4.74 Å². The normalized spacial score (nSPS) is 17.7. The molecule has 2 aromatic rings. The molecule has 6 nitrogen and oxygen atoms in total. The Morgan fingerprint density at radius 2 is 1.76 bits per heavy atom. The smallest absolute Gasteiger partial charge is 0.295 e. The minimum absolute atomic E-state index is 0.0287. The molecule has 1 amide bonds. The molecular formula is C28H36N2O4. The number of hydrogen-bond acceptors (Lipinski definition) is 4. The van der Waals surface area contributed by atoms with Gasteiger partial charge in [0, 0.05) is 5.57 Å². The van der Waals surface area contributed by atoms with Gasteiger partial charge in [-0.15, -0.1) is 0 Å². The topological polar surface area (TPSA) is 74.1 Å². The molecule has 1 aliphatic heterocycles. The molecule has 1 unspecified atom stereocenters. The zero-order chi connectivity index (χ0) is 24.8. The van der Waals surface area contributed by atoms with E-state index in [2.05, 4.69) is 27.7 Å². The number of ketones is 1. The second-order valence-corrected chi connectivity index (χ2v) is 9.28. The van der Waals surface area contributed by atoms with Crippen LogP contribution in [-0.4, -0.2) is 49.4 Å². The summed E-state index contributed by atoms with van der Waals surface area (Å²) in [5.74, 6) is -0.603. The molecule has 3 rings (SSSR count). The van der Waals surface area contributed by atoms with Gasteiger partial charge in [0.1, 0.15) is 5.75 Å². The molecule has 0 spiro atoms. The molecule has 1 atom stereocenters. The van der Waals surface area contributed by atoms with Crippen LogP contribution in [0, 0.1) is 12.8 Å². The van der Waals surface area contributed by atoms with E-state index in [1.54, 1.807) is 23.1 Å². The zero-order valence-corrected chi connectivity index (χ0v) is 20.9. The van der Waals surface area contributed by atoms with E-state index < -0.39 is 23.5 Å². The van der Waals surface area contributed by atoms with Crippen LogP contribution in [0.3, 0.4) is 0 Å². The largest absolute Gasteiger partial charge is 0.872 e. The van der Waals surface area contributed by atoms with Crippen LogP contribution < -0.4 is 14.7 Å². The molecule has 0 aromatic heterocycles. The predicted octanol–water partition coefficient (Wildman–Crippen LogP) is 2.18. The molecule has 0 aliphatic carbocycles. The number of Topliss-reactive ketones (excluding diaryl/α,β-unsaturated/α-hetero) is 1. The van der Waals surface area contributed by atoms with Crippen molar-refractivity contribution < 1.29 is 24.3 Å². The molecule has 0 radical (unpaired) electrons. The van der Waals surface area contributed by atoms with Crippen molar-refractivity contribution in [2.75, 3.05) is 32.8 Å².